The van der Waals surface area contributed by atoms with Crippen LogP contribution in [0, 0.1) is 22.7 Å². The Hall–Kier alpha value is -1.24. The second kappa shape index (κ2) is 5.17. The molecule has 2 rings (SSSR count). The summed E-state index contributed by atoms with van der Waals surface area (Å²) in [6, 6.07) is 2.56. The van der Waals surface area contributed by atoms with Crippen LogP contribution in [0.4, 0.5) is 4.79 Å². The van der Waals surface area contributed by atoms with E-state index in [1.54, 1.807) is 0 Å². The third kappa shape index (κ3) is 2.77. The van der Waals surface area contributed by atoms with Gasteiger partial charge in [0.2, 0.25) is 0 Å². The lowest BCUT2D eigenvalue weighted by Gasteiger charge is -2.39. The molecule has 0 radical (unpaired) electrons. The molecule has 4 heteroatoms. The number of carbonyl (C=O) groups excluding carboxylic acids is 1. The molecule has 2 heterocycles. The fourth-order valence-electron chi connectivity index (χ4n) is 2.70. The molecule has 0 aromatic heterocycles. The van der Waals surface area contributed by atoms with Crippen molar-refractivity contribution in [3.05, 3.63) is 0 Å². The van der Waals surface area contributed by atoms with Crippen LogP contribution in [0.3, 0.4) is 0 Å². The highest BCUT2D eigenvalue weighted by Crippen LogP contribution is 2.30. The van der Waals surface area contributed by atoms with Crippen molar-refractivity contribution in [2.24, 2.45) is 11.3 Å². The van der Waals surface area contributed by atoms with Crippen molar-refractivity contribution < 1.29 is 4.79 Å². The molecule has 0 saturated carbocycles. The molecule has 2 saturated heterocycles. The van der Waals surface area contributed by atoms with E-state index in [1.807, 2.05) is 16.7 Å². The van der Waals surface area contributed by atoms with Gasteiger partial charge in [0.25, 0.3) is 0 Å². The van der Waals surface area contributed by atoms with Gasteiger partial charge >= 0.3 is 6.03 Å². The standard InChI is InChI=1S/C14H23N3O/c1-12-3-7-16(8-4-12)13(18)17-9-5-14(2,11-15)6-10-17/h12H,3-10H2,1-2H3. The van der Waals surface area contributed by atoms with Gasteiger partial charge in [-0.15, -0.1) is 0 Å². The van der Waals surface area contributed by atoms with E-state index in [0.717, 1.165) is 57.8 Å². The predicted octanol–water partition coefficient (Wildman–Crippen LogP) is 2.46. The number of piperidine rings is 2. The zero-order chi connectivity index (χ0) is 13.2. The first-order valence-corrected chi connectivity index (χ1v) is 6.99. The number of hydrogen-bond acceptors (Lipinski definition) is 2. The fraction of sp³-hybridized carbons (Fsp3) is 0.857. The molecule has 0 spiro atoms. The molecule has 100 valence electrons. The van der Waals surface area contributed by atoms with E-state index >= 15 is 0 Å². The zero-order valence-electron chi connectivity index (χ0n) is 11.5. The Morgan fingerprint density at radius 3 is 2.17 bits per heavy atom. The summed E-state index contributed by atoms with van der Waals surface area (Å²) in [4.78, 5) is 16.2. The number of urea groups is 1. The van der Waals surface area contributed by atoms with Crippen molar-refractivity contribution in [1.29, 1.82) is 5.26 Å². The second-order valence-corrected chi connectivity index (χ2v) is 6.11. The van der Waals surface area contributed by atoms with Gasteiger partial charge in [0.1, 0.15) is 0 Å². The van der Waals surface area contributed by atoms with Gasteiger partial charge in [-0.2, -0.15) is 5.26 Å². The molecule has 0 atom stereocenters. The van der Waals surface area contributed by atoms with E-state index in [-0.39, 0.29) is 11.4 Å². The summed E-state index contributed by atoms with van der Waals surface area (Å²) in [5, 5.41) is 9.09. The van der Waals surface area contributed by atoms with Gasteiger partial charge in [-0.1, -0.05) is 6.92 Å². The summed E-state index contributed by atoms with van der Waals surface area (Å²) >= 11 is 0. The van der Waals surface area contributed by atoms with E-state index in [1.165, 1.54) is 0 Å². The Balaban J connectivity index is 1.86. The van der Waals surface area contributed by atoms with Crippen LogP contribution >= 0.6 is 0 Å². The van der Waals surface area contributed by atoms with Gasteiger partial charge < -0.3 is 9.80 Å². The van der Waals surface area contributed by atoms with E-state index in [0.29, 0.717) is 0 Å². The summed E-state index contributed by atoms with van der Waals surface area (Å²) in [5.41, 5.74) is -0.229. The molecule has 0 N–H and O–H groups in total. The summed E-state index contributed by atoms with van der Waals surface area (Å²) in [5.74, 6) is 0.747. The Labute approximate surface area is 110 Å². The number of likely N-dealkylation sites (tertiary alicyclic amines) is 2. The molecule has 18 heavy (non-hydrogen) atoms. The van der Waals surface area contributed by atoms with Crippen molar-refractivity contribution >= 4 is 6.03 Å². The summed E-state index contributed by atoms with van der Waals surface area (Å²) in [6.45, 7) is 7.50. The van der Waals surface area contributed by atoms with Gasteiger partial charge in [0, 0.05) is 26.2 Å². The average Bonchev–Trinajstić information content (AvgIpc) is 2.40. The first-order chi connectivity index (χ1) is 8.54. The molecule has 0 bridgehead atoms. The highest BCUT2D eigenvalue weighted by molar-refractivity contribution is 5.74. The maximum atomic E-state index is 12.3. The zero-order valence-corrected chi connectivity index (χ0v) is 11.5. The Morgan fingerprint density at radius 2 is 1.67 bits per heavy atom. The molecular weight excluding hydrogens is 226 g/mol. The quantitative estimate of drug-likeness (QED) is 0.662. The van der Waals surface area contributed by atoms with Crippen LogP contribution in [0.2, 0.25) is 0 Å². The van der Waals surface area contributed by atoms with Crippen LogP contribution in [0.5, 0.6) is 0 Å². The molecule has 2 amide bonds. The second-order valence-electron chi connectivity index (χ2n) is 6.11. The molecule has 2 aliphatic heterocycles. The van der Waals surface area contributed by atoms with Crippen molar-refractivity contribution in [3.8, 4) is 6.07 Å². The van der Waals surface area contributed by atoms with Crippen molar-refractivity contribution in [2.75, 3.05) is 26.2 Å². The van der Waals surface area contributed by atoms with E-state index in [2.05, 4.69) is 13.0 Å². The fourth-order valence-corrected chi connectivity index (χ4v) is 2.70. The maximum Gasteiger partial charge on any atom is 0.319 e. The molecule has 0 aliphatic carbocycles. The number of carbonyl (C=O) groups is 1. The minimum atomic E-state index is -0.229. The maximum absolute atomic E-state index is 12.3. The predicted molar refractivity (Wildman–Crippen MR) is 69.9 cm³/mol. The van der Waals surface area contributed by atoms with Crippen LogP contribution in [0.25, 0.3) is 0 Å². The van der Waals surface area contributed by atoms with Crippen LogP contribution in [-0.2, 0) is 0 Å². The van der Waals surface area contributed by atoms with Crippen molar-refractivity contribution in [2.45, 2.75) is 39.5 Å². The van der Waals surface area contributed by atoms with Crippen molar-refractivity contribution in [1.82, 2.24) is 9.80 Å². The Kier molecular flexibility index (Phi) is 3.79. The lowest BCUT2D eigenvalue weighted by atomic mass is 9.82. The molecule has 2 fully saturated rings. The normalized spacial score (nSPS) is 24.7. The highest BCUT2D eigenvalue weighted by Gasteiger charge is 2.33. The third-order valence-corrected chi connectivity index (χ3v) is 4.46. The molecular formula is C14H23N3O. The van der Waals surface area contributed by atoms with E-state index in [4.69, 9.17) is 5.26 Å². The van der Waals surface area contributed by atoms with Gasteiger partial charge in [-0.25, -0.2) is 4.79 Å². The van der Waals surface area contributed by atoms with Crippen molar-refractivity contribution in [3.63, 3.8) is 0 Å². The van der Waals surface area contributed by atoms with Gasteiger partial charge in [0.05, 0.1) is 11.5 Å². The number of nitrogens with zero attached hydrogens (tertiary/aromatic N) is 3. The largest absolute Gasteiger partial charge is 0.325 e. The molecule has 0 unspecified atom stereocenters. The van der Waals surface area contributed by atoms with E-state index in [9.17, 15) is 4.79 Å². The third-order valence-electron chi connectivity index (χ3n) is 4.46. The number of rotatable bonds is 0. The number of nitriles is 1. The van der Waals surface area contributed by atoms with E-state index < -0.39 is 0 Å². The SMILES string of the molecule is CC1CCN(C(=O)N2CCC(C)(C#N)CC2)CC1. The number of hydrogen-bond donors (Lipinski definition) is 0. The summed E-state index contributed by atoms with van der Waals surface area (Å²) < 4.78 is 0. The summed E-state index contributed by atoms with van der Waals surface area (Å²) in [6.07, 6.45) is 3.85. The minimum absolute atomic E-state index is 0.182. The lowest BCUT2D eigenvalue weighted by molar-refractivity contribution is 0.110. The van der Waals surface area contributed by atoms with Crippen LogP contribution in [0.1, 0.15) is 39.5 Å². The van der Waals surface area contributed by atoms with Crippen LogP contribution in [-0.4, -0.2) is 42.0 Å². The highest BCUT2D eigenvalue weighted by atomic mass is 16.2. The topological polar surface area (TPSA) is 47.3 Å². The summed E-state index contributed by atoms with van der Waals surface area (Å²) in [7, 11) is 0. The average molecular weight is 249 g/mol. The monoisotopic (exact) mass is 249 g/mol. The van der Waals surface area contributed by atoms with Crippen LogP contribution < -0.4 is 0 Å². The first kappa shape index (κ1) is 13.2. The lowest BCUT2D eigenvalue weighted by Crippen LogP contribution is -2.50. The number of amides is 2. The Morgan fingerprint density at radius 1 is 1.17 bits per heavy atom. The molecule has 4 nitrogen and oxygen atoms in total. The smallest absolute Gasteiger partial charge is 0.319 e. The molecule has 2 aliphatic rings. The molecule has 0 aromatic rings. The Bertz CT molecular complexity index is 345. The molecule has 0 aromatic carbocycles. The van der Waals surface area contributed by atoms with Crippen LogP contribution in [0.15, 0.2) is 0 Å². The van der Waals surface area contributed by atoms with Gasteiger partial charge in [-0.05, 0) is 38.5 Å². The van der Waals surface area contributed by atoms with Gasteiger partial charge in [-0.3, -0.25) is 0 Å². The minimum Gasteiger partial charge on any atom is -0.325 e. The van der Waals surface area contributed by atoms with Gasteiger partial charge in [0.15, 0.2) is 0 Å². The first-order valence-electron chi connectivity index (χ1n) is 6.99.